The van der Waals surface area contributed by atoms with Crippen LogP contribution in [0, 0.1) is 11.8 Å². The number of hydrogen-bond donors (Lipinski definition) is 0. The SMILES string of the molecule is C=C(N=CC=CC(C)C)C(C)CC. The Morgan fingerprint density at radius 3 is 2.46 bits per heavy atom. The third-order valence-corrected chi connectivity index (χ3v) is 2.00. The molecule has 0 aliphatic heterocycles. The minimum absolute atomic E-state index is 0.490. The number of nitrogens with zero attached hydrogens (tertiary/aromatic N) is 1. The molecule has 0 aliphatic rings. The lowest BCUT2D eigenvalue weighted by atomic mass is 10.1. The Balaban J connectivity index is 3.91. The van der Waals surface area contributed by atoms with E-state index in [4.69, 9.17) is 0 Å². The van der Waals surface area contributed by atoms with Gasteiger partial charge in [0.25, 0.3) is 0 Å². The van der Waals surface area contributed by atoms with Crippen LogP contribution in [0.15, 0.2) is 29.4 Å². The van der Waals surface area contributed by atoms with E-state index in [1.54, 1.807) is 0 Å². The molecule has 1 heteroatoms. The Kier molecular flexibility index (Phi) is 6.21. The standard InChI is InChI=1S/C12H21N/c1-6-11(4)12(5)13-9-7-8-10(2)3/h7-11H,5-6H2,1-4H3. The molecule has 0 radical (unpaired) electrons. The fraction of sp³-hybridized carbons (Fsp3) is 0.583. The molecule has 0 bridgehead atoms. The van der Waals surface area contributed by atoms with Crippen LogP contribution in [-0.4, -0.2) is 6.21 Å². The monoisotopic (exact) mass is 179 g/mol. The zero-order valence-corrected chi connectivity index (χ0v) is 9.25. The molecule has 0 aromatic rings. The number of rotatable bonds is 5. The van der Waals surface area contributed by atoms with Crippen molar-refractivity contribution in [1.29, 1.82) is 0 Å². The predicted molar refractivity (Wildman–Crippen MR) is 61.1 cm³/mol. The minimum atomic E-state index is 0.490. The van der Waals surface area contributed by atoms with Gasteiger partial charge < -0.3 is 0 Å². The van der Waals surface area contributed by atoms with Gasteiger partial charge in [-0.25, -0.2) is 0 Å². The Labute approximate surface area is 82.3 Å². The van der Waals surface area contributed by atoms with Crippen LogP contribution < -0.4 is 0 Å². The van der Waals surface area contributed by atoms with Crippen molar-refractivity contribution in [2.24, 2.45) is 16.8 Å². The average Bonchev–Trinajstić information content (AvgIpc) is 2.10. The highest BCUT2D eigenvalue weighted by molar-refractivity contribution is 5.72. The predicted octanol–water partition coefficient (Wildman–Crippen LogP) is 3.83. The molecular weight excluding hydrogens is 158 g/mol. The highest BCUT2D eigenvalue weighted by Gasteiger charge is 1.99. The molecule has 0 fully saturated rings. The summed E-state index contributed by atoms with van der Waals surface area (Å²) in [5, 5.41) is 0. The summed E-state index contributed by atoms with van der Waals surface area (Å²) in [4.78, 5) is 4.26. The second-order valence-electron chi connectivity index (χ2n) is 3.71. The summed E-state index contributed by atoms with van der Waals surface area (Å²) in [6.07, 6.45) is 7.03. The topological polar surface area (TPSA) is 12.4 Å². The van der Waals surface area contributed by atoms with Crippen LogP contribution >= 0.6 is 0 Å². The number of allylic oxidation sites excluding steroid dienone is 3. The van der Waals surface area contributed by atoms with E-state index < -0.39 is 0 Å². The third kappa shape index (κ3) is 6.32. The summed E-state index contributed by atoms with van der Waals surface area (Å²) in [5.74, 6) is 1.08. The van der Waals surface area contributed by atoms with E-state index in [0.29, 0.717) is 11.8 Å². The van der Waals surface area contributed by atoms with Crippen molar-refractivity contribution in [3.63, 3.8) is 0 Å². The number of aliphatic imine (C=N–C) groups is 1. The van der Waals surface area contributed by atoms with Gasteiger partial charge in [-0.1, -0.05) is 40.3 Å². The molecule has 0 N–H and O–H groups in total. The minimum Gasteiger partial charge on any atom is -0.262 e. The van der Waals surface area contributed by atoms with E-state index in [-0.39, 0.29) is 0 Å². The Bertz CT molecular complexity index is 199. The molecule has 0 saturated carbocycles. The Morgan fingerprint density at radius 1 is 1.38 bits per heavy atom. The van der Waals surface area contributed by atoms with Crippen molar-refractivity contribution >= 4 is 6.21 Å². The van der Waals surface area contributed by atoms with Gasteiger partial charge in [-0.2, -0.15) is 0 Å². The van der Waals surface area contributed by atoms with Gasteiger partial charge >= 0.3 is 0 Å². The summed E-state index contributed by atoms with van der Waals surface area (Å²) in [5.41, 5.74) is 0.968. The summed E-state index contributed by atoms with van der Waals surface area (Å²) in [6, 6.07) is 0. The maximum absolute atomic E-state index is 4.26. The first-order valence-electron chi connectivity index (χ1n) is 4.97. The fourth-order valence-electron chi connectivity index (χ4n) is 0.774. The highest BCUT2D eigenvalue weighted by Crippen LogP contribution is 2.12. The van der Waals surface area contributed by atoms with Crippen LogP contribution in [0.25, 0.3) is 0 Å². The van der Waals surface area contributed by atoms with Crippen molar-refractivity contribution in [2.75, 3.05) is 0 Å². The average molecular weight is 179 g/mol. The van der Waals surface area contributed by atoms with Crippen LogP contribution in [0.5, 0.6) is 0 Å². The van der Waals surface area contributed by atoms with Gasteiger partial charge in [0.15, 0.2) is 0 Å². The van der Waals surface area contributed by atoms with Crippen molar-refractivity contribution in [3.05, 3.63) is 24.4 Å². The zero-order chi connectivity index (χ0) is 10.3. The smallest absolute Gasteiger partial charge is 0.0359 e. The lowest BCUT2D eigenvalue weighted by Gasteiger charge is -2.05. The molecule has 0 heterocycles. The van der Waals surface area contributed by atoms with Gasteiger partial charge in [-0.05, 0) is 24.3 Å². The van der Waals surface area contributed by atoms with Crippen LogP contribution in [0.1, 0.15) is 34.1 Å². The highest BCUT2D eigenvalue weighted by atomic mass is 14.7. The Hall–Kier alpha value is -0.850. The molecular formula is C12H21N. The van der Waals surface area contributed by atoms with E-state index in [1.807, 2.05) is 12.3 Å². The molecule has 0 saturated heterocycles. The lowest BCUT2D eigenvalue weighted by Crippen LogP contribution is -1.93. The van der Waals surface area contributed by atoms with Crippen LogP contribution in [0.3, 0.4) is 0 Å². The first kappa shape index (κ1) is 12.2. The number of hydrogen-bond acceptors (Lipinski definition) is 1. The van der Waals surface area contributed by atoms with E-state index in [0.717, 1.165) is 12.1 Å². The van der Waals surface area contributed by atoms with E-state index >= 15 is 0 Å². The first-order valence-corrected chi connectivity index (χ1v) is 4.97. The molecule has 74 valence electrons. The van der Waals surface area contributed by atoms with E-state index in [9.17, 15) is 0 Å². The fourth-order valence-corrected chi connectivity index (χ4v) is 0.774. The van der Waals surface area contributed by atoms with E-state index in [2.05, 4.69) is 45.3 Å². The van der Waals surface area contributed by atoms with Crippen molar-refractivity contribution in [3.8, 4) is 0 Å². The van der Waals surface area contributed by atoms with Crippen LogP contribution in [0.4, 0.5) is 0 Å². The summed E-state index contributed by atoms with van der Waals surface area (Å²) >= 11 is 0. The summed E-state index contributed by atoms with van der Waals surface area (Å²) < 4.78 is 0. The molecule has 0 rings (SSSR count). The quantitative estimate of drug-likeness (QED) is 0.569. The van der Waals surface area contributed by atoms with Gasteiger partial charge in [0.1, 0.15) is 0 Å². The summed E-state index contributed by atoms with van der Waals surface area (Å²) in [7, 11) is 0. The maximum atomic E-state index is 4.26. The molecule has 0 aromatic carbocycles. The summed E-state index contributed by atoms with van der Waals surface area (Å²) in [6.45, 7) is 12.5. The molecule has 0 aromatic heterocycles. The first-order chi connectivity index (χ1) is 6.07. The van der Waals surface area contributed by atoms with Gasteiger partial charge in [-0.15, -0.1) is 0 Å². The molecule has 0 aliphatic carbocycles. The normalized spacial score (nSPS) is 14.5. The van der Waals surface area contributed by atoms with Crippen LogP contribution in [0.2, 0.25) is 0 Å². The van der Waals surface area contributed by atoms with Gasteiger partial charge in [0.2, 0.25) is 0 Å². The zero-order valence-electron chi connectivity index (χ0n) is 9.25. The molecule has 0 amide bonds. The van der Waals surface area contributed by atoms with Gasteiger partial charge in [0.05, 0.1) is 0 Å². The molecule has 0 spiro atoms. The molecule has 1 unspecified atom stereocenters. The van der Waals surface area contributed by atoms with Crippen molar-refractivity contribution < 1.29 is 0 Å². The molecule has 1 atom stereocenters. The maximum Gasteiger partial charge on any atom is 0.0359 e. The largest absolute Gasteiger partial charge is 0.262 e. The molecule has 13 heavy (non-hydrogen) atoms. The second-order valence-corrected chi connectivity index (χ2v) is 3.71. The van der Waals surface area contributed by atoms with Gasteiger partial charge in [-0.3, -0.25) is 4.99 Å². The second kappa shape index (κ2) is 6.64. The van der Waals surface area contributed by atoms with Gasteiger partial charge in [0, 0.05) is 11.9 Å². The van der Waals surface area contributed by atoms with Crippen LogP contribution in [-0.2, 0) is 0 Å². The lowest BCUT2D eigenvalue weighted by molar-refractivity contribution is 0.652. The Morgan fingerprint density at radius 2 is 2.00 bits per heavy atom. The van der Waals surface area contributed by atoms with E-state index in [1.165, 1.54) is 0 Å². The van der Waals surface area contributed by atoms with Crippen molar-refractivity contribution in [1.82, 2.24) is 0 Å². The third-order valence-electron chi connectivity index (χ3n) is 2.00. The van der Waals surface area contributed by atoms with Crippen molar-refractivity contribution in [2.45, 2.75) is 34.1 Å². The molecule has 1 nitrogen and oxygen atoms in total.